The third-order valence-corrected chi connectivity index (χ3v) is 5.99. The zero-order chi connectivity index (χ0) is 23.2. The normalized spacial score (nSPS) is 11.8. The fourth-order valence-corrected chi connectivity index (χ4v) is 4.24. The molecule has 4 aromatic rings. The van der Waals surface area contributed by atoms with Gasteiger partial charge in [-0.05, 0) is 25.0 Å². The number of unbranched alkanes of at least 4 members (excludes halogenated alkanes) is 1. The fraction of sp³-hybridized carbons (Fsp3) is 0.241. The van der Waals surface area contributed by atoms with Crippen molar-refractivity contribution in [3.8, 4) is 22.6 Å². The summed E-state index contributed by atoms with van der Waals surface area (Å²) in [6.45, 7) is 4.23. The highest BCUT2D eigenvalue weighted by atomic mass is 16.2. The van der Waals surface area contributed by atoms with Crippen LogP contribution in [0.5, 0.6) is 0 Å². The van der Waals surface area contributed by atoms with Gasteiger partial charge in [-0.25, -0.2) is 4.98 Å². The molecule has 1 unspecified atom stereocenters. The summed E-state index contributed by atoms with van der Waals surface area (Å²) in [5, 5.41) is 3.32. The van der Waals surface area contributed by atoms with Crippen molar-refractivity contribution in [1.82, 2.24) is 14.9 Å². The van der Waals surface area contributed by atoms with Crippen LogP contribution in [0.25, 0.3) is 22.6 Å². The predicted octanol–water partition coefficient (Wildman–Crippen LogP) is 6.72. The Bertz CT molecular complexity index is 1210. The van der Waals surface area contributed by atoms with E-state index in [0.717, 1.165) is 47.3 Å². The van der Waals surface area contributed by atoms with Crippen LogP contribution in [-0.4, -0.2) is 15.5 Å². The van der Waals surface area contributed by atoms with Crippen molar-refractivity contribution in [2.45, 2.75) is 39.2 Å². The lowest BCUT2D eigenvalue weighted by molar-refractivity contribution is 0.0926. The maximum absolute atomic E-state index is 13.8. The number of imidazole rings is 1. The number of carbonyl (C=O) groups is 1. The Balaban J connectivity index is 1.77. The maximum Gasteiger partial charge on any atom is 0.270 e. The number of carbonyl (C=O) groups excluding carboxylic acids is 1. The molecule has 168 valence electrons. The second-order valence-corrected chi connectivity index (χ2v) is 8.51. The number of amides is 1. The van der Waals surface area contributed by atoms with Crippen LogP contribution in [0.2, 0.25) is 0 Å². The highest BCUT2D eigenvalue weighted by molar-refractivity contribution is 5.99. The molecule has 0 aliphatic heterocycles. The van der Waals surface area contributed by atoms with Crippen LogP contribution in [0.3, 0.4) is 0 Å². The molecule has 1 amide bonds. The van der Waals surface area contributed by atoms with E-state index in [-0.39, 0.29) is 11.9 Å². The summed E-state index contributed by atoms with van der Waals surface area (Å²) in [6.07, 6.45) is 3.03. The monoisotopic (exact) mass is 437 g/mol. The van der Waals surface area contributed by atoms with Crippen molar-refractivity contribution >= 4 is 5.91 Å². The van der Waals surface area contributed by atoms with Gasteiger partial charge in [0.05, 0.1) is 6.04 Å². The summed E-state index contributed by atoms with van der Waals surface area (Å²) >= 11 is 0. The fourth-order valence-electron chi connectivity index (χ4n) is 4.24. The molecule has 1 heterocycles. The van der Waals surface area contributed by atoms with E-state index in [1.807, 2.05) is 72.3 Å². The Kier molecular flexibility index (Phi) is 7.04. The summed E-state index contributed by atoms with van der Waals surface area (Å²) in [5.74, 6) is 0.677. The molecule has 4 nitrogen and oxygen atoms in total. The molecule has 1 aromatic heterocycles. The maximum atomic E-state index is 13.8. The van der Waals surface area contributed by atoms with Gasteiger partial charge >= 0.3 is 0 Å². The van der Waals surface area contributed by atoms with Crippen LogP contribution in [0.1, 0.15) is 53.8 Å². The summed E-state index contributed by atoms with van der Waals surface area (Å²) < 4.78 is 1.92. The first-order chi connectivity index (χ1) is 16.1. The lowest BCUT2D eigenvalue weighted by Crippen LogP contribution is -2.30. The molecule has 1 atom stereocenters. The van der Waals surface area contributed by atoms with Crippen LogP contribution in [0.4, 0.5) is 0 Å². The Morgan fingerprint density at radius 2 is 1.61 bits per heavy atom. The summed E-state index contributed by atoms with van der Waals surface area (Å²) in [5.41, 5.74) is 5.48. The minimum Gasteiger partial charge on any atom is -0.344 e. The molecular weight excluding hydrogens is 406 g/mol. The number of rotatable bonds is 8. The largest absolute Gasteiger partial charge is 0.344 e. The molecule has 0 radical (unpaired) electrons. The van der Waals surface area contributed by atoms with Crippen molar-refractivity contribution in [2.75, 3.05) is 0 Å². The van der Waals surface area contributed by atoms with E-state index >= 15 is 0 Å². The molecule has 0 fully saturated rings. The summed E-state index contributed by atoms with van der Waals surface area (Å²) in [6, 6.07) is 28.4. The minimum atomic E-state index is -0.103. The molecule has 0 spiro atoms. The van der Waals surface area contributed by atoms with E-state index in [1.54, 1.807) is 0 Å². The van der Waals surface area contributed by atoms with Crippen molar-refractivity contribution in [3.05, 3.63) is 102 Å². The molecule has 3 aromatic carbocycles. The molecule has 0 saturated heterocycles. The lowest BCUT2D eigenvalue weighted by atomic mass is 10.0. The van der Waals surface area contributed by atoms with E-state index in [9.17, 15) is 4.79 Å². The van der Waals surface area contributed by atoms with Gasteiger partial charge in [0.15, 0.2) is 0 Å². The third-order valence-electron chi connectivity index (χ3n) is 5.99. The molecule has 0 aliphatic rings. The van der Waals surface area contributed by atoms with Crippen LogP contribution >= 0.6 is 0 Å². The first-order valence-electron chi connectivity index (χ1n) is 11.6. The first-order valence-corrected chi connectivity index (χ1v) is 11.6. The molecule has 4 rings (SSSR count). The average Bonchev–Trinajstić information content (AvgIpc) is 3.20. The number of nitrogens with one attached hydrogen (secondary N) is 1. The van der Waals surface area contributed by atoms with Gasteiger partial charge in [-0.15, -0.1) is 0 Å². The number of aromatic nitrogens is 2. The standard InChI is InChI=1S/C29H31N3O/c1-4-5-19-25(22-14-8-6-9-15-22)30-29(33)27-26(24-18-12-13-21(2)20-24)31-28(32(27)3)23-16-10-7-11-17-23/h6-18,20,25H,4-5,19H2,1-3H3,(H,30,33). The third kappa shape index (κ3) is 5.06. The zero-order valence-corrected chi connectivity index (χ0v) is 19.6. The number of hydrogen-bond acceptors (Lipinski definition) is 2. The van der Waals surface area contributed by atoms with E-state index in [4.69, 9.17) is 4.98 Å². The number of aryl methyl sites for hydroxylation is 1. The van der Waals surface area contributed by atoms with Gasteiger partial charge in [0.2, 0.25) is 0 Å². The van der Waals surface area contributed by atoms with Gasteiger partial charge in [-0.1, -0.05) is 104 Å². The molecule has 0 aliphatic carbocycles. The Morgan fingerprint density at radius 1 is 0.939 bits per heavy atom. The Hall–Kier alpha value is -3.66. The molecular formula is C29H31N3O. The topological polar surface area (TPSA) is 46.9 Å². The van der Waals surface area contributed by atoms with E-state index in [2.05, 4.69) is 43.4 Å². The van der Waals surface area contributed by atoms with Crippen molar-refractivity contribution in [3.63, 3.8) is 0 Å². The quantitative estimate of drug-likeness (QED) is 0.332. The SMILES string of the molecule is CCCCC(NC(=O)c1c(-c2cccc(C)c2)nc(-c2ccccc2)n1C)c1ccccc1. The summed E-state index contributed by atoms with van der Waals surface area (Å²) in [4.78, 5) is 18.7. The molecule has 33 heavy (non-hydrogen) atoms. The lowest BCUT2D eigenvalue weighted by Gasteiger charge is -2.20. The van der Waals surface area contributed by atoms with Gasteiger partial charge < -0.3 is 9.88 Å². The van der Waals surface area contributed by atoms with Crippen molar-refractivity contribution in [2.24, 2.45) is 7.05 Å². The number of nitrogens with zero attached hydrogens (tertiary/aromatic N) is 2. The van der Waals surface area contributed by atoms with Gasteiger partial charge in [-0.3, -0.25) is 4.79 Å². The predicted molar refractivity (Wildman–Crippen MR) is 135 cm³/mol. The van der Waals surface area contributed by atoms with E-state index in [0.29, 0.717) is 11.4 Å². The second kappa shape index (κ2) is 10.3. The van der Waals surface area contributed by atoms with Crippen LogP contribution in [-0.2, 0) is 7.05 Å². The molecule has 0 saturated carbocycles. The van der Waals surface area contributed by atoms with Gasteiger partial charge in [0.1, 0.15) is 17.2 Å². The Labute approximate surface area is 196 Å². The number of hydrogen-bond donors (Lipinski definition) is 1. The van der Waals surface area contributed by atoms with Crippen molar-refractivity contribution in [1.29, 1.82) is 0 Å². The highest BCUT2D eigenvalue weighted by Crippen LogP contribution is 2.30. The van der Waals surface area contributed by atoms with E-state index in [1.165, 1.54) is 0 Å². The van der Waals surface area contributed by atoms with Crippen molar-refractivity contribution < 1.29 is 4.79 Å². The minimum absolute atomic E-state index is 0.0425. The van der Waals surface area contributed by atoms with Gasteiger partial charge in [0, 0.05) is 18.2 Å². The van der Waals surface area contributed by atoms with Crippen LogP contribution in [0.15, 0.2) is 84.9 Å². The first kappa shape index (κ1) is 22.5. The zero-order valence-electron chi connectivity index (χ0n) is 19.6. The smallest absolute Gasteiger partial charge is 0.270 e. The van der Waals surface area contributed by atoms with Crippen LogP contribution < -0.4 is 5.32 Å². The Morgan fingerprint density at radius 3 is 2.27 bits per heavy atom. The number of benzene rings is 3. The molecule has 4 heteroatoms. The van der Waals surface area contributed by atoms with Gasteiger partial charge in [0.25, 0.3) is 5.91 Å². The molecule has 1 N–H and O–H groups in total. The second-order valence-electron chi connectivity index (χ2n) is 8.51. The van der Waals surface area contributed by atoms with Gasteiger partial charge in [-0.2, -0.15) is 0 Å². The van der Waals surface area contributed by atoms with E-state index < -0.39 is 0 Å². The van der Waals surface area contributed by atoms with Crippen LogP contribution in [0, 0.1) is 6.92 Å². The highest BCUT2D eigenvalue weighted by Gasteiger charge is 2.25. The average molecular weight is 438 g/mol. The summed E-state index contributed by atoms with van der Waals surface area (Å²) in [7, 11) is 1.92. The molecule has 0 bridgehead atoms.